The number of benzene rings is 1. The first-order valence-corrected chi connectivity index (χ1v) is 10.8. The van der Waals surface area contributed by atoms with Crippen LogP contribution in [0, 0.1) is 12.8 Å². The Hall–Kier alpha value is -2.33. The van der Waals surface area contributed by atoms with Crippen LogP contribution < -0.4 is 0 Å². The molecule has 144 valence electrons. The molecule has 1 aromatic rings. The first kappa shape index (κ1) is 21.0. The van der Waals surface area contributed by atoms with Crippen molar-refractivity contribution in [2.24, 2.45) is 5.92 Å². The van der Waals surface area contributed by atoms with Gasteiger partial charge in [0.15, 0.2) is 0 Å². The topological polar surface area (TPSA) is 37.4 Å². The number of allylic oxidation sites excluding steroid dienone is 8. The number of aryl methyl sites for hydroxylation is 1. The van der Waals surface area contributed by atoms with Crippen molar-refractivity contribution in [1.82, 2.24) is 4.31 Å². The van der Waals surface area contributed by atoms with Crippen molar-refractivity contribution in [3.8, 4) is 0 Å². The van der Waals surface area contributed by atoms with Crippen LogP contribution in [0.25, 0.3) is 0 Å². The summed E-state index contributed by atoms with van der Waals surface area (Å²) in [6.45, 7) is 6.37. The van der Waals surface area contributed by atoms with Gasteiger partial charge in [0.2, 0.25) is 0 Å². The highest BCUT2D eigenvalue weighted by Crippen LogP contribution is 2.25. The summed E-state index contributed by atoms with van der Waals surface area (Å²) in [6.07, 6.45) is 19.5. The summed E-state index contributed by atoms with van der Waals surface area (Å²) >= 11 is 0. The van der Waals surface area contributed by atoms with E-state index in [1.807, 2.05) is 74.6 Å². The van der Waals surface area contributed by atoms with Gasteiger partial charge in [-0.3, -0.25) is 4.31 Å². The van der Waals surface area contributed by atoms with Crippen LogP contribution in [-0.2, 0) is 10.0 Å². The molecule has 1 aromatic carbocycles. The molecule has 0 saturated carbocycles. The molecule has 2 rings (SSSR count). The van der Waals surface area contributed by atoms with Gasteiger partial charge in [-0.2, -0.15) is 0 Å². The van der Waals surface area contributed by atoms with Gasteiger partial charge in [-0.15, -0.1) is 0 Å². The van der Waals surface area contributed by atoms with Gasteiger partial charge in [-0.1, -0.05) is 73.2 Å². The van der Waals surface area contributed by atoms with E-state index in [1.165, 1.54) is 4.31 Å². The van der Waals surface area contributed by atoms with E-state index in [9.17, 15) is 8.42 Å². The molecule has 0 N–H and O–H groups in total. The molecule has 1 aliphatic carbocycles. The molecule has 0 spiro atoms. The van der Waals surface area contributed by atoms with Gasteiger partial charge in [0.05, 0.1) is 11.4 Å². The summed E-state index contributed by atoms with van der Waals surface area (Å²) in [5.41, 5.74) is 1.78. The van der Waals surface area contributed by atoms with Crippen LogP contribution in [-0.4, -0.2) is 19.3 Å². The first-order chi connectivity index (χ1) is 12.9. The smallest absolute Gasteiger partial charge is 0.263 e. The highest BCUT2D eigenvalue weighted by Gasteiger charge is 2.25. The predicted octanol–water partition coefficient (Wildman–Crippen LogP) is 5.54. The third kappa shape index (κ3) is 6.10. The molecule has 3 nitrogen and oxygen atoms in total. The lowest BCUT2D eigenvalue weighted by Gasteiger charge is -2.26. The second-order valence-corrected chi connectivity index (χ2v) is 8.57. The van der Waals surface area contributed by atoms with Crippen molar-refractivity contribution in [2.45, 2.75) is 38.5 Å². The average molecular weight is 384 g/mol. The van der Waals surface area contributed by atoms with Crippen molar-refractivity contribution < 1.29 is 8.42 Å². The summed E-state index contributed by atoms with van der Waals surface area (Å²) in [6, 6.07) is 7.02. The number of hydrogen-bond donors (Lipinski definition) is 0. The molecule has 0 heterocycles. The van der Waals surface area contributed by atoms with Crippen molar-refractivity contribution in [2.75, 3.05) is 6.54 Å². The lowest BCUT2D eigenvalue weighted by atomic mass is 10.0. The van der Waals surface area contributed by atoms with E-state index in [-0.39, 0.29) is 0 Å². The minimum Gasteiger partial charge on any atom is -0.263 e. The van der Waals surface area contributed by atoms with E-state index in [0.717, 1.165) is 24.1 Å². The Kier molecular flexibility index (Phi) is 7.86. The molecule has 1 unspecified atom stereocenters. The monoisotopic (exact) mass is 383 g/mol. The number of nitrogens with zero attached hydrogens (tertiary/aromatic N) is 1. The lowest BCUT2D eigenvalue weighted by Crippen LogP contribution is -2.31. The summed E-state index contributed by atoms with van der Waals surface area (Å²) in [5.74, 6) is 0.435. The lowest BCUT2D eigenvalue weighted by molar-refractivity contribution is 0.505. The third-order valence-electron chi connectivity index (χ3n) is 4.34. The Bertz CT molecular complexity index is 856. The third-order valence-corrected chi connectivity index (χ3v) is 6.15. The van der Waals surface area contributed by atoms with E-state index in [0.29, 0.717) is 17.4 Å². The highest BCUT2D eigenvalue weighted by atomic mass is 32.2. The van der Waals surface area contributed by atoms with Crippen LogP contribution in [0.5, 0.6) is 0 Å². The van der Waals surface area contributed by atoms with Crippen LogP contribution in [0.2, 0.25) is 0 Å². The van der Waals surface area contributed by atoms with Crippen LogP contribution in [0.3, 0.4) is 0 Å². The fourth-order valence-corrected chi connectivity index (χ4v) is 4.12. The highest BCUT2D eigenvalue weighted by molar-refractivity contribution is 7.89. The second-order valence-electron chi connectivity index (χ2n) is 6.71. The van der Waals surface area contributed by atoms with Crippen LogP contribution in [0.15, 0.2) is 89.5 Å². The molecule has 0 amide bonds. The Morgan fingerprint density at radius 1 is 1.11 bits per heavy atom. The molecule has 1 atom stereocenters. The van der Waals surface area contributed by atoms with E-state index in [1.54, 1.807) is 12.1 Å². The van der Waals surface area contributed by atoms with Gasteiger partial charge in [0.1, 0.15) is 0 Å². The zero-order valence-electron chi connectivity index (χ0n) is 16.4. The van der Waals surface area contributed by atoms with Gasteiger partial charge in [0.25, 0.3) is 10.0 Å². The average Bonchev–Trinajstić information content (AvgIpc) is 2.65. The minimum atomic E-state index is -3.60. The van der Waals surface area contributed by atoms with Gasteiger partial charge < -0.3 is 0 Å². The maximum atomic E-state index is 13.2. The van der Waals surface area contributed by atoms with Crippen molar-refractivity contribution in [3.05, 3.63) is 90.2 Å². The van der Waals surface area contributed by atoms with Gasteiger partial charge in [-0.05, 0) is 50.8 Å². The van der Waals surface area contributed by atoms with E-state index < -0.39 is 10.0 Å². The Labute approximate surface area is 164 Å². The van der Waals surface area contributed by atoms with Crippen LogP contribution >= 0.6 is 0 Å². The summed E-state index contributed by atoms with van der Waals surface area (Å²) < 4.78 is 27.9. The standard InChI is InChI=1S/C23H29NO2S/c1-4-5-6-7-8-9-10-19-24(22-15-11-20(2)12-16-22)27(25,26)23-17-13-21(3)14-18-23/h4-7,9-11,13-18,20H,8,12,19H2,1-3H3/b5-4-,7-6-,10-9+. The maximum absolute atomic E-state index is 13.2. The second kappa shape index (κ2) is 10.1. The molecule has 0 fully saturated rings. The Morgan fingerprint density at radius 2 is 1.85 bits per heavy atom. The molecular weight excluding hydrogens is 354 g/mol. The zero-order chi connectivity index (χ0) is 19.7. The van der Waals surface area contributed by atoms with Crippen LogP contribution in [0.4, 0.5) is 0 Å². The van der Waals surface area contributed by atoms with Gasteiger partial charge >= 0.3 is 0 Å². The van der Waals surface area contributed by atoms with Crippen molar-refractivity contribution in [3.63, 3.8) is 0 Å². The number of sulfonamides is 1. The fourth-order valence-electron chi connectivity index (χ4n) is 2.69. The minimum absolute atomic E-state index is 0.318. The Balaban J connectivity index is 2.23. The van der Waals surface area contributed by atoms with E-state index in [2.05, 4.69) is 13.0 Å². The van der Waals surface area contributed by atoms with Crippen molar-refractivity contribution >= 4 is 10.0 Å². The van der Waals surface area contributed by atoms with Crippen LogP contribution in [0.1, 0.15) is 32.3 Å². The Morgan fingerprint density at radius 3 is 2.48 bits per heavy atom. The molecule has 0 bridgehead atoms. The van der Waals surface area contributed by atoms with Gasteiger partial charge in [-0.25, -0.2) is 8.42 Å². The number of rotatable bonds is 8. The predicted molar refractivity (Wildman–Crippen MR) is 114 cm³/mol. The molecule has 0 aromatic heterocycles. The molecular formula is C23H29NO2S. The largest absolute Gasteiger partial charge is 0.264 e. The van der Waals surface area contributed by atoms with E-state index >= 15 is 0 Å². The maximum Gasteiger partial charge on any atom is 0.264 e. The normalized spacial score (nSPS) is 17.9. The molecule has 0 aliphatic heterocycles. The summed E-state index contributed by atoms with van der Waals surface area (Å²) in [5, 5.41) is 0. The first-order valence-electron chi connectivity index (χ1n) is 9.35. The summed E-state index contributed by atoms with van der Waals surface area (Å²) in [7, 11) is -3.60. The quantitative estimate of drug-likeness (QED) is 0.436. The molecule has 0 radical (unpaired) electrons. The molecule has 0 saturated heterocycles. The van der Waals surface area contributed by atoms with Crippen molar-refractivity contribution in [1.29, 1.82) is 0 Å². The fraction of sp³-hybridized carbons (Fsp3) is 0.304. The number of hydrogen-bond acceptors (Lipinski definition) is 2. The zero-order valence-corrected chi connectivity index (χ0v) is 17.2. The molecule has 1 aliphatic rings. The molecule has 27 heavy (non-hydrogen) atoms. The molecule has 4 heteroatoms. The van der Waals surface area contributed by atoms with E-state index in [4.69, 9.17) is 0 Å². The van der Waals surface area contributed by atoms with Gasteiger partial charge in [0, 0.05) is 5.70 Å². The summed E-state index contributed by atoms with van der Waals surface area (Å²) in [4.78, 5) is 0.322. The SMILES string of the molecule is C/C=C\C=C/C/C=C/CN(C1=CCC(C)C=C1)S(=O)(=O)c1ccc(C)cc1.